The van der Waals surface area contributed by atoms with Gasteiger partial charge in [-0.05, 0) is 12.1 Å². The lowest BCUT2D eigenvalue weighted by Crippen LogP contribution is -2.14. The van der Waals surface area contributed by atoms with Gasteiger partial charge in [-0.3, -0.25) is 9.78 Å². The second-order valence-electron chi connectivity index (χ2n) is 2.61. The summed E-state index contributed by atoms with van der Waals surface area (Å²) in [5.74, 6) is 0.0499. The molecule has 0 radical (unpaired) electrons. The van der Waals surface area contributed by atoms with E-state index >= 15 is 0 Å². The summed E-state index contributed by atoms with van der Waals surface area (Å²) in [6, 6.07) is 3.77. The van der Waals surface area contributed by atoms with Crippen LogP contribution in [0.1, 0.15) is 12.0 Å². The third kappa shape index (κ3) is 1.21. The fourth-order valence-electron chi connectivity index (χ4n) is 1.16. The Bertz CT molecular complexity index is 330. The van der Waals surface area contributed by atoms with Crippen LogP contribution in [-0.4, -0.2) is 10.9 Å². The largest absolute Gasteiger partial charge is 0.325 e. The molecule has 1 aromatic heterocycles. The van der Waals surface area contributed by atoms with Gasteiger partial charge < -0.3 is 5.32 Å². The maximum atomic E-state index is 10.8. The third-order valence-corrected chi connectivity index (χ3v) is 1.74. The molecule has 60 valence electrons. The molecule has 0 fully saturated rings. The highest BCUT2D eigenvalue weighted by atomic mass is 16.1. The van der Waals surface area contributed by atoms with Crippen LogP contribution in [0.4, 0.5) is 0 Å². The molecular formula is C9H8N2O. The molecule has 12 heavy (non-hydrogen) atoms. The quantitative estimate of drug-likeness (QED) is 0.664. The van der Waals surface area contributed by atoms with Gasteiger partial charge in [-0.2, -0.15) is 0 Å². The Morgan fingerprint density at radius 3 is 3.00 bits per heavy atom. The smallest absolute Gasteiger partial charge is 0.228 e. The van der Waals surface area contributed by atoms with E-state index in [2.05, 4.69) is 10.3 Å². The molecule has 0 aromatic carbocycles. The van der Waals surface area contributed by atoms with Gasteiger partial charge in [-0.15, -0.1) is 0 Å². The maximum Gasteiger partial charge on any atom is 0.228 e. The van der Waals surface area contributed by atoms with Gasteiger partial charge in [-0.25, -0.2) is 0 Å². The second-order valence-corrected chi connectivity index (χ2v) is 2.61. The summed E-state index contributed by atoms with van der Waals surface area (Å²) in [5.41, 5.74) is 1.83. The molecule has 2 rings (SSSR count). The van der Waals surface area contributed by atoms with Crippen LogP contribution in [0.5, 0.6) is 0 Å². The van der Waals surface area contributed by atoms with E-state index in [0.717, 1.165) is 11.3 Å². The number of aromatic nitrogens is 1. The number of carbonyl (C=O) groups is 1. The molecule has 0 saturated carbocycles. The zero-order valence-corrected chi connectivity index (χ0v) is 6.45. The molecule has 0 atom stereocenters. The van der Waals surface area contributed by atoms with Crippen molar-refractivity contribution in [3.8, 4) is 0 Å². The predicted molar refractivity (Wildman–Crippen MR) is 45.0 cm³/mol. The van der Waals surface area contributed by atoms with Crippen molar-refractivity contribution in [3.63, 3.8) is 0 Å². The Labute approximate surface area is 70.1 Å². The van der Waals surface area contributed by atoms with Crippen LogP contribution in [0.2, 0.25) is 0 Å². The van der Waals surface area contributed by atoms with E-state index < -0.39 is 0 Å². The average molecular weight is 160 g/mol. The van der Waals surface area contributed by atoms with Crippen molar-refractivity contribution < 1.29 is 4.79 Å². The summed E-state index contributed by atoms with van der Waals surface area (Å²) < 4.78 is 0. The standard InChI is InChI=1S/C9H8N2O/c12-9-4-3-8(11-9)7-2-1-5-10-6-7/h1-3,5-6H,4H2,(H,11,12). The number of amides is 1. The van der Waals surface area contributed by atoms with E-state index in [9.17, 15) is 4.79 Å². The van der Waals surface area contributed by atoms with Crippen LogP contribution < -0.4 is 5.32 Å². The third-order valence-electron chi connectivity index (χ3n) is 1.74. The zero-order valence-electron chi connectivity index (χ0n) is 6.45. The van der Waals surface area contributed by atoms with Crippen molar-refractivity contribution >= 4 is 11.6 Å². The molecule has 2 heterocycles. The number of nitrogens with zero attached hydrogens (tertiary/aromatic N) is 1. The highest BCUT2D eigenvalue weighted by Crippen LogP contribution is 2.14. The summed E-state index contributed by atoms with van der Waals surface area (Å²) in [6.07, 6.45) is 5.79. The van der Waals surface area contributed by atoms with E-state index in [1.54, 1.807) is 12.4 Å². The first-order valence-electron chi connectivity index (χ1n) is 3.77. The van der Waals surface area contributed by atoms with Crippen LogP contribution in [0.15, 0.2) is 30.6 Å². The van der Waals surface area contributed by atoms with Crippen molar-refractivity contribution in [2.24, 2.45) is 0 Å². The Morgan fingerprint density at radius 2 is 2.42 bits per heavy atom. The molecule has 0 saturated heterocycles. The molecule has 0 spiro atoms. The van der Waals surface area contributed by atoms with E-state index in [0.29, 0.717) is 6.42 Å². The predicted octanol–water partition coefficient (Wildman–Crippen LogP) is 0.942. The molecule has 1 amide bonds. The van der Waals surface area contributed by atoms with Gasteiger partial charge in [0.2, 0.25) is 5.91 Å². The molecular weight excluding hydrogens is 152 g/mol. The average Bonchev–Trinajstić information content (AvgIpc) is 2.54. The first-order chi connectivity index (χ1) is 5.86. The normalized spacial score (nSPS) is 15.7. The van der Waals surface area contributed by atoms with Gasteiger partial charge in [0.15, 0.2) is 0 Å². The van der Waals surface area contributed by atoms with E-state index in [1.165, 1.54) is 0 Å². The number of rotatable bonds is 1. The van der Waals surface area contributed by atoms with Crippen molar-refractivity contribution in [2.75, 3.05) is 0 Å². The fraction of sp³-hybridized carbons (Fsp3) is 0.111. The van der Waals surface area contributed by atoms with E-state index in [4.69, 9.17) is 0 Å². The molecule has 0 unspecified atom stereocenters. The van der Waals surface area contributed by atoms with Crippen LogP contribution in [0.25, 0.3) is 5.70 Å². The Hall–Kier alpha value is -1.64. The Morgan fingerprint density at radius 1 is 1.50 bits per heavy atom. The summed E-state index contributed by atoms with van der Waals surface area (Å²) in [6.45, 7) is 0. The lowest BCUT2D eigenvalue weighted by molar-refractivity contribution is -0.118. The zero-order chi connectivity index (χ0) is 8.39. The lowest BCUT2D eigenvalue weighted by atomic mass is 10.2. The van der Waals surface area contributed by atoms with Crippen molar-refractivity contribution in [1.29, 1.82) is 0 Å². The SMILES string of the molecule is O=C1CC=C(c2cccnc2)N1. The van der Waals surface area contributed by atoms with Crippen molar-refractivity contribution in [1.82, 2.24) is 10.3 Å². The first-order valence-corrected chi connectivity index (χ1v) is 3.77. The van der Waals surface area contributed by atoms with Crippen LogP contribution >= 0.6 is 0 Å². The minimum atomic E-state index is 0.0499. The number of nitrogens with one attached hydrogen (secondary N) is 1. The van der Waals surface area contributed by atoms with Crippen molar-refractivity contribution in [2.45, 2.75) is 6.42 Å². The summed E-state index contributed by atoms with van der Waals surface area (Å²) in [7, 11) is 0. The first kappa shape index (κ1) is 7.03. The molecule has 1 aliphatic rings. The topological polar surface area (TPSA) is 42.0 Å². The monoisotopic (exact) mass is 160 g/mol. The highest BCUT2D eigenvalue weighted by Gasteiger charge is 2.12. The van der Waals surface area contributed by atoms with Gasteiger partial charge in [0.05, 0.1) is 0 Å². The van der Waals surface area contributed by atoms with E-state index in [1.807, 2.05) is 18.2 Å². The maximum absolute atomic E-state index is 10.8. The molecule has 3 heteroatoms. The van der Waals surface area contributed by atoms with Gasteiger partial charge in [0.1, 0.15) is 0 Å². The number of carbonyl (C=O) groups excluding carboxylic acids is 1. The van der Waals surface area contributed by atoms with E-state index in [-0.39, 0.29) is 5.91 Å². The highest BCUT2D eigenvalue weighted by molar-refractivity contribution is 5.93. The lowest BCUT2D eigenvalue weighted by Gasteiger charge is -2.00. The minimum Gasteiger partial charge on any atom is -0.325 e. The number of pyridine rings is 1. The summed E-state index contributed by atoms with van der Waals surface area (Å²) >= 11 is 0. The molecule has 1 aliphatic heterocycles. The molecule has 0 aliphatic carbocycles. The second kappa shape index (κ2) is 2.77. The fourth-order valence-corrected chi connectivity index (χ4v) is 1.16. The molecule has 1 N–H and O–H groups in total. The van der Waals surface area contributed by atoms with Crippen LogP contribution in [-0.2, 0) is 4.79 Å². The molecule has 3 nitrogen and oxygen atoms in total. The van der Waals surface area contributed by atoms with Crippen molar-refractivity contribution in [3.05, 3.63) is 36.2 Å². The molecule has 1 aromatic rings. The van der Waals surface area contributed by atoms with Gasteiger partial charge in [0, 0.05) is 30.1 Å². The minimum absolute atomic E-state index is 0.0499. The van der Waals surface area contributed by atoms with Crippen LogP contribution in [0, 0.1) is 0 Å². The molecule has 0 bridgehead atoms. The van der Waals surface area contributed by atoms with Gasteiger partial charge in [-0.1, -0.05) is 6.08 Å². The van der Waals surface area contributed by atoms with Gasteiger partial charge in [0.25, 0.3) is 0 Å². The Balaban J connectivity index is 2.28. The number of hydrogen-bond donors (Lipinski definition) is 1. The Kier molecular flexibility index (Phi) is 1.63. The van der Waals surface area contributed by atoms with Gasteiger partial charge >= 0.3 is 0 Å². The van der Waals surface area contributed by atoms with Crippen LogP contribution in [0.3, 0.4) is 0 Å². The summed E-state index contributed by atoms with van der Waals surface area (Å²) in [4.78, 5) is 14.8. The summed E-state index contributed by atoms with van der Waals surface area (Å²) in [5, 5.41) is 2.75. The number of hydrogen-bond acceptors (Lipinski definition) is 2.